The van der Waals surface area contributed by atoms with Gasteiger partial charge in [-0.15, -0.1) is 0 Å². The van der Waals surface area contributed by atoms with Crippen molar-refractivity contribution in [3.63, 3.8) is 0 Å². The molecule has 0 spiro atoms. The van der Waals surface area contributed by atoms with E-state index in [9.17, 15) is 0 Å². The van der Waals surface area contributed by atoms with Crippen molar-refractivity contribution in [3.05, 3.63) is 53.6 Å². The maximum Gasteiger partial charge on any atom is 0.0949 e. The number of hydrogen-bond donors (Lipinski definition) is 0. The molecule has 0 unspecified atom stereocenters. The maximum atomic E-state index is 4.04. The van der Waals surface area contributed by atoms with Gasteiger partial charge in [-0.1, -0.05) is 18.2 Å². The molecule has 0 saturated heterocycles. The van der Waals surface area contributed by atoms with E-state index < -0.39 is 0 Å². The molecule has 0 aliphatic rings. The Morgan fingerprint density at radius 3 is 2.50 bits per heavy atom. The van der Waals surface area contributed by atoms with E-state index in [1.165, 1.54) is 16.7 Å². The van der Waals surface area contributed by atoms with Crippen molar-refractivity contribution in [1.29, 1.82) is 0 Å². The minimum Gasteiger partial charge on any atom is -0.333 e. The zero-order valence-electron chi connectivity index (χ0n) is 8.57. The van der Waals surface area contributed by atoms with Crippen LogP contribution < -0.4 is 0 Å². The zero-order valence-corrected chi connectivity index (χ0v) is 8.57. The zero-order chi connectivity index (χ0) is 9.97. The first-order chi connectivity index (χ1) is 6.77. The van der Waals surface area contributed by atoms with Crippen LogP contribution in [0.2, 0.25) is 0 Å². The van der Waals surface area contributed by atoms with Crippen LogP contribution in [0, 0.1) is 13.8 Å². The van der Waals surface area contributed by atoms with E-state index in [-0.39, 0.29) is 0 Å². The second-order valence-electron chi connectivity index (χ2n) is 3.61. The fraction of sp³-hybridized carbons (Fsp3) is 0.250. The van der Waals surface area contributed by atoms with Crippen LogP contribution >= 0.6 is 0 Å². The van der Waals surface area contributed by atoms with Gasteiger partial charge in [0.05, 0.1) is 6.33 Å². The minimum atomic E-state index is 0.915. The molecule has 2 heteroatoms. The molecule has 0 atom stereocenters. The molecule has 1 aromatic carbocycles. The lowest BCUT2D eigenvalue weighted by Crippen LogP contribution is -2.01. The molecule has 72 valence electrons. The number of hydrogen-bond acceptors (Lipinski definition) is 1. The molecule has 2 aromatic rings. The summed E-state index contributed by atoms with van der Waals surface area (Å²) in [4.78, 5) is 4.04. The normalized spacial score (nSPS) is 10.4. The van der Waals surface area contributed by atoms with E-state index in [2.05, 4.69) is 41.6 Å². The maximum absolute atomic E-state index is 4.04. The SMILES string of the molecule is Cc1cccc(C)c1Cn1ccnc1. The molecule has 0 fully saturated rings. The summed E-state index contributed by atoms with van der Waals surface area (Å²) in [5.74, 6) is 0. The monoisotopic (exact) mass is 186 g/mol. The Bertz CT molecular complexity index is 396. The fourth-order valence-corrected chi connectivity index (χ4v) is 1.66. The minimum absolute atomic E-state index is 0.915. The van der Waals surface area contributed by atoms with Crippen molar-refractivity contribution < 1.29 is 0 Å². The van der Waals surface area contributed by atoms with Crippen LogP contribution in [0.1, 0.15) is 16.7 Å². The summed E-state index contributed by atoms with van der Waals surface area (Å²) in [5, 5.41) is 0. The summed E-state index contributed by atoms with van der Waals surface area (Å²) in [7, 11) is 0. The van der Waals surface area contributed by atoms with Gasteiger partial charge in [-0.3, -0.25) is 0 Å². The summed E-state index contributed by atoms with van der Waals surface area (Å²) >= 11 is 0. The Kier molecular flexibility index (Phi) is 2.35. The van der Waals surface area contributed by atoms with E-state index >= 15 is 0 Å². The highest BCUT2D eigenvalue weighted by molar-refractivity contribution is 5.33. The lowest BCUT2D eigenvalue weighted by atomic mass is 10.0. The number of rotatable bonds is 2. The molecule has 0 aliphatic carbocycles. The first-order valence-electron chi connectivity index (χ1n) is 4.78. The third-order valence-electron chi connectivity index (χ3n) is 2.54. The van der Waals surface area contributed by atoms with Crippen LogP contribution in [0.3, 0.4) is 0 Å². The molecule has 0 saturated carbocycles. The van der Waals surface area contributed by atoms with Crippen LogP contribution in [0.4, 0.5) is 0 Å². The van der Waals surface area contributed by atoms with Crippen molar-refractivity contribution in [3.8, 4) is 0 Å². The van der Waals surface area contributed by atoms with Crippen LogP contribution in [-0.4, -0.2) is 9.55 Å². The van der Waals surface area contributed by atoms with Gasteiger partial charge >= 0.3 is 0 Å². The Morgan fingerprint density at radius 1 is 1.21 bits per heavy atom. The molecule has 2 nitrogen and oxygen atoms in total. The van der Waals surface area contributed by atoms with Crippen LogP contribution in [0.5, 0.6) is 0 Å². The van der Waals surface area contributed by atoms with E-state index in [0.29, 0.717) is 0 Å². The first-order valence-corrected chi connectivity index (χ1v) is 4.78. The summed E-state index contributed by atoms with van der Waals surface area (Å²) in [6.07, 6.45) is 5.66. The Morgan fingerprint density at radius 2 is 1.93 bits per heavy atom. The predicted octanol–water partition coefficient (Wildman–Crippen LogP) is 2.55. The van der Waals surface area contributed by atoms with Gasteiger partial charge in [0.15, 0.2) is 0 Å². The second kappa shape index (κ2) is 3.66. The third kappa shape index (κ3) is 1.69. The Labute approximate surface area is 84.2 Å². The smallest absolute Gasteiger partial charge is 0.0949 e. The quantitative estimate of drug-likeness (QED) is 0.704. The number of benzene rings is 1. The van der Waals surface area contributed by atoms with Crippen molar-refractivity contribution in [2.45, 2.75) is 20.4 Å². The average molecular weight is 186 g/mol. The van der Waals surface area contributed by atoms with Gasteiger partial charge < -0.3 is 4.57 Å². The van der Waals surface area contributed by atoms with Gasteiger partial charge in [-0.25, -0.2) is 4.98 Å². The van der Waals surface area contributed by atoms with Crippen LogP contribution in [0.25, 0.3) is 0 Å². The van der Waals surface area contributed by atoms with Crippen molar-refractivity contribution >= 4 is 0 Å². The van der Waals surface area contributed by atoms with Crippen LogP contribution in [-0.2, 0) is 6.54 Å². The van der Waals surface area contributed by atoms with Crippen molar-refractivity contribution in [1.82, 2.24) is 9.55 Å². The standard InChI is InChI=1S/C12H14N2/c1-10-4-3-5-11(2)12(10)8-14-7-6-13-9-14/h3-7,9H,8H2,1-2H3. The van der Waals surface area contributed by atoms with E-state index in [1.54, 1.807) is 0 Å². The number of nitrogens with zero attached hydrogens (tertiary/aromatic N) is 2. The van der Waals surface area contributed by atoms with Crippen LogP contribution in [0.15, 0.2) is 36.9 Å². The van der Waals surface area contributed by atoms with E-state index in [4.69, 9.17) is 0 Å². The highest BCUT2D eigenvalue weighted by Gasteiger charge is 2.01. The molecular formula is C12H14N2. The van der Waals surface area contributed by atoms with Gasteiger partial charge in [0, 0.05) is 18.9 Å². The molecule has 0 radical (unpaired) electrons. The van der Waals surface area contributed by atoms with Gasteiger partial charge in [0.1, 0.15) is 0 Å². The second-order valence-corrected chi connectivity index (χ2v) is 3.61. The predicted molar refractivity (Wildman–Crippen MR) is 57.2 cm³/mol. The summed E-state index contributed by atoms with van der Waals surface area (Å²) in [5.41, 5.74) is 4.09. The molecule has 0 bridgehead atoms. The molecular weight excluding hydrogens is 172 g/mol. The molecule has 2 rings (SSSR count). The first kappa shape index (κ1) is 9.00. The van der Waals surface area contributed by atoms with Gasteiger partial charge in [-0.05, 0) is 30.5 Å². The van der Waals surface area contributed by atoms with Gasteiger partial charge in [0.2, 0.25) is 0 Å². The highest BCUT2D eigenvalue weighted by atomic mass is 15.0. The van der Waals surface area contributed by atoms with Gasteiger partial charge in [-0.2, -0.15) is 0 Å². The Balaban J connectivity index is 2.33. The van der Waals surface area contributed by atoms with Crippen molar-refractivity contribution in [2.75, 3.05) is 0 Å². The largest absolute Gasteiger partial charge is 0.333 e. The van der Waals surface area contributed by atoms with E-state index in [0.717, 1.165) is 6.54 Å². The Hall–Kier alpha value is -1.57. The molecule has 1 aromatic heterocycles. The molecule has 0 amide bonds. The topological polar surface area (TPSA) is 17.8 Å². The van der Waals surface area contributed by atoms with E-state index in [1.807, 2.05) is 18.7 Å². The summed E-state index contributed by atoms with van der Waals surface area (Å²) in [6.45, 7) is 5.22. The highest BCUT2D eigenvalue weighted by Crippen LogP contribution is 2.14. The number of imidazole rings is 1. The number of aromatic nitrogens is 2. The van der Waals surface area contributed by atoms with Gasteiger partial charge in [0.25, 0.3) is 0 Å². The molecule has 0 aliphatic heterocycles. The molecule has 0 N–H and O–H groups in total. The molecule has 14 heavy (non-hydrogen) atoms. The average Bonchev–Trinajstić information content (AvgIpc) is 2.64. The fourth-order valence-electron chi connectivity index (χ4n) is 1.66. The third-order valence-corrected chi connectivity index (χ3v) is 2.54. The molecule has 1 heterocycles. The summed E-state index contributed by atoms with van der Waals surface area (Å²) in [6, 6.07) is 6.40. The summed E-state index contributed by atoms with van der Waals surface area (Å²) < 4.78 is 2.09. The van der Waals surface area contributed by atoms with Crippen molar-refractivity contribution in [2.24, 2.45) is 0 Å². The number of aryl methyl sites for hydroxylation is 2. The lowest BCUT2D eigenvalue weighted by molar-refractivity contribution is 0.787. The lowest BCUT2D eigenvalue weighted by Gasteiger charge is -2.09.